The number of likely N-dealkylation sites (tertiary alicyclic amines) is 1. The Morgan fingerprint density at radius 2 is 1.85 bits per heavy atom. The fourth-order valence-corrected chi connectivity index (χ4v) is 2.99. The molecule has 2 fully saturated rings. The maximum atomic E-state index is 12.4. The molecule has 2 heterocycles. The second-order valence-electron chi connectivity index (χ2n) is 6.50. The van der Waals surface area contributed by atoms with Crippen LogP contribution in [0.25, 0.3) is 0 Å². The van der Waals surface area contributed by atoms with Gasteiger partial charge in [0.15, 0.2) is 0 Å². The Labute approximate surface area is 121 Å². The lowest BCUT2D eigenvalue weighted by Gasteiger charge is -2.34. The highest BCUT2D eigenvalue weighted by atomic mass is 16.2. The summed E-state index contributed by atoms with van der Waals surface area (Å²) in [5, 5.41) is 6.35. The van der Waals surface area contributed by atoms with Gasteiger partial charge in [-0.15, -0.1) is 0 Å². The van der Waals surface area contributed by atoms with Gasteiger partial charge in [0.2, 0.25) is 11.8 Å². The third kappa shape index (κ3) is 3.51. The topological polar surface area (TPSA) is 61.4 Å². The van der Waals surface area contributed by atoms with Crippen molar-refractivity contribution in [3.8, 4) is 0 Å². The van der Waals surface area contributed by atoms with Crippen LogP contribution >= 0.6 is 0 Å². The second kappa shape index (κ2) is 6.57. The zero-order valence-corrected chi connectivity index (χ0v) is 12.8. The highest BCUT2D eigenvalue weighted by molar-refractivity contribution is 5.80. The molecule has 0 saturated carbocycles. The first kappa shape index (κ1) is 15.3. The number of piperidine rings is 1. The molecular weight excluding hydrogens is 254 g/mol. The second-order valence-corrected chi connectivity index (χ2v) is 6.50. The standard InChI is InChI=1S/C15H27N3O2/c1-10(2)14(19)17-12-4-6-18(7-5-12)15(20)13-9-16-8-11(13)3/h10-13,16H,4-9H2,1-3H3,(H,17,19). The van der Waals surface area contributed by atoms with Gasteiger partial charge in [0.05, 0.1) is 5.92 Å². The number of nitrogens with zero attached hydrogens (tertiary/aromatic N) is 1. The number of amides is 2. The molecule has 2 saturated heterocycles. The molecule has 0 aliphatic carbocycles. The van der Waals surface area contributed by atoms with Crippen molar-refractivity contribution in [3.05, 3.63) is 0 Å². The summed E-state index contributed by atoms with van der Waals surface area (Å²) >= 11 is 0. The fraction of sp³-hybridized carbons (Fsp3) is 0.867. The number of carbonyl (C=O) groups is 2. The van der Waals surface area contributed by atoms with Crippen molar-refractivity contribution in [2.75, 3.05) is 26.2 Å². The van der Waals surface area contributed by atoms with E-state index >= 15 is 0 Å². The molecule has 2 atom stereocenters. The molecule has 0 aromatic carbocycles. The van der Waals surface area contributed by atoms with Gasteiger partial charge < -0.3 is 15.5 Å². The average molecular weight is 281 g/mol. The maximum absolute atomic E-state index is 12.4. The number of hydrogen-bond donors (Lipinski definition) is 2. The van der Waals surface area contributed by atoms with E-state index in [2.05, 4.69) is 17.6 Å². The van der Waals surface area contributed by atoms with E-state index in [0.717, 1.165) is 39.0 Å². The third-order valence-corrected chi connectivity index (χ3v) is 4.51. The Kier molecular flexibility index (Phi) is 5.02. The maximum Gasteiger partial charge on any atom is 0.227 e. The Morgan fingerprint density at radius 1 is 1.20 bits per heavy atom. The summed E-state index contributed by atoms with van der Waals surface area (Å²) in [6, 6.07) is 0.230. The van der Waals surface area contributed by atoms with Crippen molar-refractivity contribution in [1.82, 2.24) is 15.5 Å². The molecule has 2 N–H and O–H groups in total. The first-order valence-electron chi connectivity index (χ1n) is 7.79. The van der Waals surface area contributed by atoms with Gasteiger partial charge in [-0.2, -0.15) is 0 Å². The van der Waals surface area contributed by atoms with Gasteiger partial charge in [-0.05, 0) is 25.3 Å². The summed E-state index contributed by atoms with van der Waals surface area (Å²) in [6.07, 6.45) is 1.75. The van der Waals surface area contributed by atoms with Gasteiger partial charge in [-0.25, -0.2) is 0 Å². The minimum atomic E-state index is 0.0278. The number of carbonyl (C=O) groups excluding carboxylic acids is 2. The highest BCUT2D eigenvalue weighted by Gasteiger charge is 2.34. The zero-order chi connectivity index (χ0) is 14.7. The van der Waals surface area contributed by atoms with Crippen molar-refractivity contribution in [3.63, 3.8) is 0 Å². The predicted octanol–water partition coefficient (Wildman–Crippen LogP) is 0.605. The van der Waals surface area contributed by atoms with E-state index < -0.39 is 0 Å². The molecule has 0 spiro atoms. The first-order chi connectivity index (χ1) is 9.49. The normalized spacial score (nSPS) is 27.9. The quantitative estimate of drug-likeness (QED) is 0.796. The Morgan fingerprint density at radius 3 is 2.35 bits per heavy atom. The molecule has 5 nitrogen and oxygen atoms in total. The highest BCUT2D eigenvalue weighted by Crippen LogP contribution is 2.21. The van der Waals surface area contributed by atoms with Gasteiger partial charge in [0.25, 0.3) is 0 Å². The third-order valence-electron chi connectivity index (χ3n) is 4.51. The van der Waals surface area contributed by atoms with Crippen molar-refractivity contribution in [2.45, 2.75) is 39.7 Å². The number of hydrogen-bond acceptors (Lipinski definition) is 3. The van der Waals surface area contributed by atoms with Crippen LogP contribution < -0.4 is 10.6 Å². The van der Waals surface area contributed by atoms with Crippen LogP contribution in [0.1, 0.15) is 33.6 Å². The Hall–Kier alpha value is -1.10. The molecule has 2 aliphatic heterocycles. The lowest BCUT2D eigenvalue weighted by atomic mass is 9.95. The molecule has 20 heavy (non-hydrogen) atoms. The largest absolute Gasteiger partial charge is 0.353 e. The van der Waals surface area contributed by atoms with E-state index in [0.29, 0.717) is 5.92 Å². The zero-order valence-electron chi connectivity index (χ0n) is 12.8. The molecule has 2 rings (SSSR count). The van der Waals surface area contributed by atoms with E-state index in [1.165, 1.54) is 0 Å². The molecule has 0 aromatic rings. The molecule has 0 radical (unpaired) electrons. The van der Waals surface area contributed by atoms with Crippen molar-refractivity contribution in [1.29, 1.82) is 0 Å². The monoisotopic (exact) mass is 281 g/mol. The van der Waals surface area contributed by atoms with Crippen molar-refractivity contribution in [2.24, 2.45) is 17.8 Å². The fourth-order valence-electron chi connectivity index (χ4n) is 2.99. The van der Waals surface area contributed by atoms with Crippen LogP contribution in [0.3, 0.4) is 0 Å². The first-order valence-corrected chi connectivity index (χ1v) is 7.79. The minimum Gasteiger partial charge on any atom is -0.353 e. The van der Waals surface area contributed by atoms with E-state index in [1.807, 2.05) is 18.7 Å². The molecular formula is C15H27N3O2. The van der Waals surface area contributed by atoms with Crippen molar-refractivity contribution < 1.29 is 9.59 Å². The minimum absolute atomic E-state index is 0.0278. The Balaban J connectivity index is 1.79. The lowest BCUT2D eigenvalue weighted by Crippen LogP contribution is -2.49. The summed E-state index contributed by atoms with van der Waals surface area (Å²) in [5.74, 6) is 0.997. The van der Waals surface area contributed by atoms with Crippen LogP contribution in [0, 0.1) is 17.8 Å². The van der Waals surface area contributed by atoms with Crippen molar-refractivity contribution >= 4 is 11.8 Å². The average Bonchev–Trinajstić information content (AvgIpc) is 2.85. The SMILES string of the molecule is CC(C)C(=O)NC1CCN(C(=O)C2CNCC2C)CC1. The molecule has 2 unspecified atom stereocenters. The predicted molar refractivity (Wildman–Crippen MR) is 78.1 cm³/mol. The Bertz CT molecular complexity index is 362. The molecule has 114 valence electrons. The summed E-state index contributed by atoms with van der Waals surface area (Å²) in [4.78, 5) is 26.1. The van der Waals surface area contributed by atoms with E-state index in [-0.39, 0.29) is 29.7 Å². The van der Waals surface area contributed by atoms with Gasteiger partial charge in [0.1, 0.15) is 0 Å². The van der Waals surface area contributed by atoms with Gasteiger partial charge in [0, 0.05) is 31.6 Å². The van der Waals surface area contributed by atoms with Crippen LogP contribution in [-0.2, 0) is 9.59 Å². The summed E-state index contributed by atoms with van der Waals surface area (Å²) in [6.45, 7) is 9.24. The number of nitrogens with one attached hydrogen (secondary N) is 2. The van der Waals surface area contributed by atoms with Crippen LogP contribution in [0.2, 0.25) is 0 Å². The smallest absolute Gasteiger partial charge is 0.227 e. The molecule has 0 bridgehead atoms. The van der Waals surface area contributed by atoms with Gasteiger partial charge >= 0.3 is 0 Å². The number of rotatable bonds is 3. The van der Waals surface area contributed by atoms with Crippen LogP contribution in [0.5, 0.6) is 0 Å². The molecule has 2 aliphatic rings. The van der Waals surface area contributed by atoms with Crippen LogP contribution in [0.4, 0.5) is 0 Å². The summed E-state index contributed by atoms with van der Waals surface area (Å²) in [5.41, 5.74) is 0. The molecule has 2 amide bonds. The van der Waals surface area contributed by atoms with E-state index in [9.17, 15) is 9.59 Å². The lowest BCUT2D eigenvalue weighted by molar-refractivity contribution is -0.137. The molecule has 5 heteroatoms. The van der Waals surface area contributed by atoms with Crippen LogP contribution in [0.15, 0.2) is 0 Å². The summed E-state index contributed by atoms with van der Waals surface area (Å²) in [7, 11) is 0. The molecule has 0 aromatic heterocycles. The van der Waals surface area contributed by atoms with Gasteiger partial charge in [-0.3, -0.25) is 9.59 Å². The van der Waals surface area contributed by atoms with E-state index in [1.54, 1.807) is 0 Å². The van der Waals surface area contributed by atoms with E-state index in [4.69, 9.17) is 0 Å². The van der Waals surface area contributed by atoms with Gasteiger partial charge in [-0.1, -0.05) is 20.8 Å². The summed E-state index contributed by atoms with van der Waals surface area (Å²) < 4.78 is 0. The van der Waals surface area contributed by atoms with Crippen LogP contribution in [-0.4, -0.2) is 48.9 Å².